The molecule has 0 bridgehead atoms. The fourth-order valence-corrected chi connectivity index (χ4v) is 3.73. The zero-order valence-electron chi connectivity index (χ0n) is 17.6. The fraction of sp³-hybridized carbons (Fsp3) is 0.261. The first-order chi connectivity index (χ1) is 15.0. The Morgan fingerprint density at radius 1 is 1.03 bits per heavy atom. The molecule has 8 heteroatoms. The molecular weight excluding hydrogens is 392 g/mol. The fourth-order valence-electron chi connectivity index (χ4n) is 3.73. The lowest BCUT2D eigenvalue weighted by atomic mass is 10.0. The van der Waals surface area contributed by atoms with Crippen molar-refractivity contribution in [3.05, 3.63) is 88.7 Å². The van der Waals surface area contributed by atoms with E-state index in [2.05, 4.69) is 26.8 Å². The minimum absolute atomic E-state index is 0.0405. The molecule has 0 aliphatic carbocycles. The molecule has 0 radical (unpaired) electrons. The lowest BCUT2D eigenvalue weighted by molar-refractivity contribution is -0.123. The van der Waals surface area contributed by atoms with Crippen LogP contribution in [-0.2, 0) is 11.3 Å². The number of benzene rings is 2. The summed E-state index contributed by atoms with van der Waals surface area (Å²) in [6.45, 7) is 4.53. The summed E-state index contributed by atoms with van der Waals surface area (Å²) in [4.78, 5) is 25.0. The van der Waals surface area contributed by atoms with E-state index in [9.17, 15) is 9.59 Å². The molecule has 1 aliphatic heterocycles. The Morgan fingerprint density at radius 3 is 2.58 bits per heavy atom. The van der Waals surface area contributed by atoms with Crippen molar-refractivity contribution in [2.24, 2.45) is 0 Å². The van der Waals surface area contributed by atoms with Gasteiger partial charge in [-0.25, -0.2) is 10.9 Å². The van der Waals surface area contributed by atoms with Crippen molar-refractivity contribution in [2.45, 2.75) is 38.9 Å². The lowest BCUT2D eigenvalue weighted by Crippen LogP contribution is -2.50. The highest BCUT2D eigenvalue weighted by Crippen LogP contribution is 2.21. The molecule has 0 spiro atoms. The summed E-state index contributed by atoms with van der Waals surface area (Å²) in [6.07, 6.45) is 0.587. The molecule has 1 saturated heterocycles. The standard InChI is InChI=1S/C23H26N6O2/c1-15-11-16(2)29(28-15)14-17-7-6-10-19(12-17)22(30)26-27-23(31)21-13-20(24-25-21)18-8-4-3-5-9-18/h3-12,20-21,24-25H,13-14H2,1-2H3,(H,26,30)(H,27,31). The van der Waals surface area contributed by atoms with E-state index in [0.717, 1.165) is 22.5 Å². The van der Waals surface area contributed by atoms with Gasteiger partial charge in [0.05, 0.1) is 12.2 Å². The Morgan fingerprint density at radius 2 is 1.84 bits per heavy atom. The molecule has 4 rings (SSSR count). The van der Waals surface area contributed by atoms with Crippen LogP contribution in [0.25, 0.3) is 0 Å². The smallest absolute Gasteiger partial charge is 0.269 e. The van der Waals surface area contributed by atoms with E-state index in [1.54, 1.807) is 12.1 Å². The highest BCUT2D eigenvalue weighted by molar-refractivity contribution is 5.96. The molecule has 0 saturated carbocycles. The number of carbonyl (C=O) groups is 2. The van der Waals surface area contributed by atoms with E-state index >= 15 is 0 Å². The van der Waals surface area contributed by atoms with Gasteiger partial charge in [-0.15, -0.1) is 0 Å². The predicted molar refractivity (Wildman–Crippen MR) is 117 cm³/mol. The largest absolute Gasteiger partial charge is 0.271 e. The molecule has 3 aromatic rings. The maximum absolute atomic E-state index is 12.5. The van der Waals surface area contributed by atoms with E-state index in [-0.39, 0.29) is 17.9 Å². The normalized spacial score (nSPS) is 18.0. The first kappa shape index (κ1) is 20.8. The van der Waals surface area contributed by atoms with Gasteiger partial charge in [-0.1, -0.05) is 42.5 Å². The topological polar surface area (TPSA) is 100 Å². The third kappa shape index (κ3) is 4.99. The van der Waals surface area contributed by atoms with Crippen molar-refractivity contribution < 1.29 is 9.59 Å². The maximum atomic E-state index is 12.5. The average molecular weight is 419 g/mol. The number of nitrogens with zero attached hydrogens (tertiary/aromatic N) is 2. The molecule has 8 nitrogen and oxygen atoms in total. The Balaban J connectivity index is 1.31. The van der Waals surface area contributed by atoms with Crippen LogP contribution in [0.3, 0.4) is 0 Å². The molecule has 4 N–H and O–H groups in total. The number of carbonyl (C=O) groups excluding carboxylic acids is 2. The number of hydrogen-bond donors (Lipinski definition) is 4. The first-order valence-corrected chi connectivity index (χ1v) is 10.3. The van der Waals surface area contributed by atoms with Gasteiger partial charge in [0.1, 0.15) is 6.04 Å². The summed E-state index contributed by atoms with van der Waals surface area (Å²) >= 11 is 0. The Bertz CT molecular complexity index is 1080. The lowest BCUT2D eigenvalue weighted by Gasteiger charge is -2.12. The first-order valence-electron chi connectivity index (χ1n) is 10.3. The zero-order chi connectivity index (χ0) is 21.8. The summed E-state index contributed by atoms with van der Waals surface area (Å²) in [5.41, 5.74) is 15.7. The molecule has 160 valence electrons. The summed E-state index contributed by atoms with van der Waals surface area (Å²) in [6, 6.07) is 18.8. The molecule has 1 aromatic heterocycles. The number of aromatic nitrogens is 2. The minimum atomic E-state index is -0.442. The van der Waals surface area contributed by atoms with Crippen LogP contribution in [-0.4, -0.2) is 27.6 Å². The highest BCUT2D eigenvalue weighted by atomic mass is 16.2. The van der Waals surface area contributed by atoms with E-state index < -0.39 is 6.04 Å². The second kappa shape index (κ2) is 9.11. The Kier molecular flexibility index (Phi) is 6.11. The number of aryl methyl sites for hydroxylation is 2. The van der Waals surface area contributed by atoms with Crippen LogP contribution >= 0.6 is 0 Å². The van der Waals surface area contributed by atoms with Crippen LogP contribution in [0.1, 0.15) is 45.3 Å². The summed E-state index contributed by atoms with van der Waals surface area (Å²) in [7, 11) is 0. The quantitative estimate of drug-likeness (QED) is 0.475. The van der Waals surface area contributed by atoms with E-state index in [0.29, 0.717) is 18.5 Å². The number of hydrogen-bond acceptors (Lipinski definition) is 5. The molecule has 31 heavy (non-hydrogen) atoms. The van der Waals surface area contributed by atoms with Gasteiger partial charge in [0.25, 0.3) is 11.8 Å². The van der Waals surface area contributed by atoms with Crippen molar-refractivity contribution in [3.8, 4) is 0 Å². The van der Waals surface area contributed by atoms with Crippen molar-refractivity contribution in [1.29, 1.82) is 0 Å². The predicted octanol–water partition coefficient (Wildman–Crippen LogP) is 1.92. The van der Waals surface area contributed by atoms with Gasteiger partial charge >= 0.3 is 0 Å². The monoisotopic (exact) mass is 418 g/mol. The third-order valence-corrected chi connectivity index (χ3v) is 5.35. The van der Waals surface area contributed by atoms with Gasteiger partial charge in [0.2, 0.25) is 0 Å². The van der Waals surface area contributed by atoms with Gasteiger partial charge in [0, 0.05) is 17.3 Å². The van der Waals surface area contributed by atoms with Crippen LogP contribution < -0.4 is 21.7 Å². The third-order valence-electron chi connectivity index (χ3n) is 5.35. The Labute approximate surface area is 181 Å². The van der Waals surface area contributed by atoms with Crippen molar-refractivity contribution >= 4 is 11.8 Å². The van der Waals surface area contributed by atoms with Gasteiger partial charge in [0.15, 0.2) is 0 Å². The second-order valence-electron chi connectivity index (χ2n) is 7.77. The van der Waals surface area contributed by atoms with E-state index in [1.807, 2.05) is 67.1 Å². The van der Waals surface area contributed by atoms with Crippen molar-refractivity contribution in [3.63, 3.8) is 0 Å². The van der Waals surface area contributed by atoms with Crippen molar-refractivity contribution in [2.75, 3.05) is 0 Å². The van der Waals surface area contributed by atoms with Crippen LogP contribution in [0.15, 0.2) is 60.7 Å². The van der Waals surface area contributed by atoms with Crippen LogP contribution in [0.2, 0.25) is 0 Å². The average Bonchev–Trinajstić information content (AvgIpc) is 3.39. The van der Waals surface area contributed by atoms with Gasteiger partial charge in [-0.2, -0.15) is 5.10 Å². The number of hydrazine groups is 2. The zero-order valence-corrected chi connectivity index (χ0v) is 17.6. The van der Waals surface area contributed by atoms with Crippen LogP contribution in [0, 0.1) is 13.8 Å². The van der Waals surface area contributed by atoms with Crippen LogP contribution in [0.5, 0.6) is 0 Å². The van der Waals surface area contributed by atoms with Crippen molar-refractivity contribution in [1.82, 2.24) is 31.5 Å². The molecule has 2 atom stereocenters. The molecule has 2 heterocycles. The van der Waals surface area contributed by atoms with E-state index in [4.69, 9.17) is 0 Å². The van der Waals surface area contributed by atoms with Gasteiger partial charge < -0.3 is 0 Å². The van der Waals surface area contributed by atoms with Crippen LogP contribution in [0.4, 0.5) is 0 Å². The molecule has 2 aromatic carbocycles. The SMILES string of the molecule is Cc1cc(C)n(Cc2cccc(C(=O)NNC(=O)C3CC(c4ccccc4)NN3)c2)n1. The van der Waals surface area contributed by atoms with Gasteiger partial charge in [-0.05, 0) is 49.6 Å². The summed E-state index contributed by atoms with van der Waals surface area (Å²) in [5, 5.41) is 4.46. The van der Waals surface area contributed by atoms with E-state index in [1.165, 1.54) is 0 Å². The summed E-state index contributed by atoms with van der Waals surface area (Å²) < 4.78 is 1.90. The van der Waals surface area contributed by atoms with Gasteiger partial charge in [-0.3, -0.25) is 25.1 Å². The Hall–Kier alpha value is -3.49. The number of rotatable bonds is 5. The second-order valence-corrected chi connectivity index (χ2v) is 7.77. The molecule has 1 fully saturated rings. The highest BCUT2D eigenvalue weighted by Gasteiger charge is 2.30. The molecular formula is C23H26N6O2. The molecule has 2 amide bonds. The maximum Gasteiger partial charge on any atom is 0.269 e. The molecule has 2 unspecified atom stereocenters. The summed E-state index contributed by atoms with van der Waals surface area (Å²) in [5.74, 6) is -0.660. The number of amides is 2. The molecule has 1 aliphatic rings. The number of nitrogens with one attached hydrogen (secondary N) is 4. The minimum Gasteiger partial charge on any atom is -0.271 e.